The van der Waals surface area contributed by atoms with Crippen LogP contribution in [0.3, 0.4) is 0 Å². The Kier molecular flexibility index (Phi) is 7.49. The topological polar surface area (TPSA) is 53.2 Å². The van der Waals surface area contributed by atoms with Gasteiger partial charge in [-0.2, -0.15) is 0 Å². The van der Waals surface area contributed by atoms with Gasteiger partial charge < -0.3 is 16.0 Å². The van der Waals surface area contributed by atoms with Crippen LogP contribution < -0.4 is 16.0 Å². The molecule has 0 aromatic heterocycles. The first kappa shape index (κ1) is 19.3. The summed E-state index contributed by atoms with van der Waals surface area (Å²) in [5.41, 5.74) is 1.72. The highest BCUT2D eigenvalue weighted by molar-refractivity contribution is 9.11. The number of rotatable bonds is 4. The molecular formula is C11H10Br2Cl3N3OS. The fourth-order valence-electron chi connectivity index (χ4n) is 1.43. The molecule has 21 heavy (non-hydrogen) atoms. The van der Waals surface area contributed by atoms with Gasteiger partial charge in [-0.3, -0.25) is 4.79 Å². The van der Waals surface area contributed by atoms with Crippen LogP contribution in [-0.2, 0) is 4.79 Å². The van der Waals surface area contributed by atoms with Crippen LogP contribution in [0.1, 0.15) is 5.56 Å². The predicted molar refractivity (Wildman–Crippen MR) is 99.2 cm³/mol. The van der Waals surface area contributed by atoms with E-state index in [9.17, 15) is 4.79 Å². The van der Waals surface area contributed by atoms with E-state index in [4.69, 9.17) is 47.0 Å². The SMILES string of the molecule is Cc1cc(Br)cc(Br)c1NC(=S)NC(NC=O)C(Cl)(Cl)Cl. The zero-order chi connectivity index (χ0) is 16.2. The molecule has 1 amide bonds. The molecule has 0 heterocycles. The van der Waals surface area contributed by atoms with Gasteiger partial charge in [-0.15, -0.1) is 0 Å². The number of hydrogen-bond donors (Lipinski definition) is 3. The van der Waals surface area contributed by atoms with Crippen LogP contribution in [0.25, 0.3) is 0 Å². The zero-order valence-electron chi connectivity index (χ0n) is 10.5. The first-order valence-electron chi connectivity index (χ1n) is 5.44. The van der Waals surface area contributed by atoms with Crippen molar-refractivity contribution in [1.82, 2.24) is 10.6 Å². The number of anilines is 1. The lowest BCUT2D eigenvalue weighted by Gasteiger charge is -2.26. The van der Waals surface area contributed by atoms with Crippen molar-refractivity contribution in [3.63, 3.8) is 0 Å². The molecular weight excluding hydrogens is 488 g/mol. The molecule has 0 saturated heterocycles. The van der Waals surface area contributed by atoms with Crippen molar-refractivity contribution in [3.05, 3.63) is 26.6 Å². The van der Waals surface area contributed by atoms with Crippen molar-refractivity contribution < 1.29 is 4.79 Å². The van der Waals surface area contributed by atoms with E-state index in [-0.39, 0.29) is 5.11 Å². The highest BCUT2D eigenvalue weighted by atomic mass is 79.9. The molecule has 116 valence electrons. The van der Waals surface area contributed by atoms with Crippen molar-refractivity contribution >= 4 is 96.1 Å². The molecule has 1 rings (SSSR count). The van der Waals surface area contributed by atoms with Gasteiger partial charge in [0.15, 0.2) is 5.11 Å². The number of alkyl halides is 3. The summed E-state index contributed by atoms with van der Waals surface area (Å²) in [5.74, 6) is 0. The summed E-state index contributed by atoms with van der Waals surface area (Å²) in [7, 11) is 0. The fraction of sp³-hybridized carbons (Fsp3) is 0.273. The second-order valence-corrected chi connectivity index (χ2v) is 8.48. The van der Waals surface area contributed by atoms with E-state index in [2.05, 4.69) is 47.8 Å². The number of halogens is 5. The molecule has 10 heteroatoms. The van der Waals surface area contributed by atoms with E-state index in [1.807, 2.05) is 19.1 Å². The molecule has 0 radical (unpaired) electrons. The molecule has 1 aromatic rings. The lowest BCUT2D eigenvalue weighted by Crippen LogP contribution is -2.54. The number of thiocarbonyl (C=S) groups is 1. The normalized spacial score (nSPS) is 12.5. The number of nitrogens with one attached hydrogen (secondary N) is 3. The Balaban J connectivity index is 2.84. The van der Waals surface area contributed by atoms with E-state index in [0.717, 1.165) is 20.2 Å². The molecule has 1 atom stereocenters. The third-order valence-electron chi connectivity index (χ3n) is 2.33. The summed E-state index contributed by atoms with van der Waals surface area (Å²) in [6.45, 7) is 1.91. The molecule has 0 saturated carbocycles. The van der Waals surface area contributed by atoms with Crippen LogP contribution in [-0.4, -0.2) is 21.5 Å². The van der Waals surface area contributed by atoms with Crippen LogP contribution in [0.15, 0.2) is 21.1 Å². The number of carbonyl (C=O) groups excluding carboxylic acids is 1. The minimum atomic E-state index is -1.75. The van der Waals surface area contributed by atoms with Gasteiger partial charge in [0.25, 0.3) is 0 Å². The molecule has 0 aliphatic heterocycles. The second-order valence-electron chi connectivity index (χ2n) is 3.94. The largest absolute Gasteiger partial charge is 0.339 e. The van der Waals surface area contributed by atoms with E-state index in [1.165, 1.54) is 0 Å². The Morgan fingerprint density at radius 2 is 2.00 bits per heavy atom. The zero-order valence-corrected chi connectivity index (χ0v) is 16.8. The summed E-state index contributed by atoms with van der Waals surface area (Å²) < 4.78 is -0.0102. The van der Waals surface area contributed by atoms with E-state index in [1.54, 1.807) is 0 Å². The van der Waals surface area contributed by atoms with Gasteiger partial charge in [0, 0.05) is 8.95 Å². The lowest BCUT2D eigenvalue weighted by atomic mass is 10.2. The van der Waals surface area contributed by atoms with Crippen molar-refractivity contribution in [2.75, 3.05) is 5.32 Å². The van der Waals surface area contributed by atoms with E-state index < -0.39 is 9.96 Å². The van der Waals surface area contributed by atoms with Crippen molar-refractivity contribution in [2.24, 2.45) is 0 Å². The Morgan fingerprint density at radius 1 is 1.38 bits per heavy atom. The Bertz CT molecular complexity index is 531. The lowest BCUT2D eigenvalue weighted by molar-refractivity contribution is -0.110. The smallest absolute Gasteiger partial charge is 0.228 e. The second kappa shape index (κ2) is 8.17. The van der Waals surface area contributed by atoms with Crippen LogP contribution in [0.2, 0.25) is 0 Å². The number of aryl methyl sites for hydroxylation is 1. The van der Waals surface area contributed by atoms with Gasteiger partial charge >= 0.3 is 0 Å². The van der Waals surface area contributed by atoms with Crippen LogP contribution in [0.5, 0.6) is 0 Å². The Hall–Kier alpha value is 0.210. The average Bonchev–Trinajstić information content (AvgIpc) is 2.32. The van der Waals surface area contributed by atoms with Crippen LogP contribution >= 0.6 is 78.9 Å². The summed E-state index contributed by atoms with van der Waals surface area (Å²) in [6.07, 6.45) is -0.544. The molecule has 0 aliphatic carbocycles. The maximum absolute atomic E-state index is 10.5. The molecule has 0 bridgehead atoms. The first-order valence-corrected chi connectivity index (χ1v) is 8.57. The molecule has 4 nitrogen and oxygen atoms in total. The minimum Gasteiger partial charge on any atom is -0.339 e. The summed E-state index contributed by atoms with van der Waals surface area (Å²) in [4.78, 5) is 10.5. The molecule has 0 spiro atoms. The quantitative estimate of drug-likeness (QED) is 0.252. The molecule has 0 fully saturated rings. The number of carbonyl (C=O) groups is 1. The van der Waals surface area contributed by atoms with Crippen molar-refractivity contribution in [3.8, 4) is 0 Å². The number of hydrogen-bond acceptors (Lipinski definition) is 2. The van der Waals surface area contributed by atoms with Gasteiger partial charge in [-0.05, 0) is 52.8 Å². The Labute approximate surface area is 159 Å². The maximum atomic E-state index is 10.5. The van der Waals surface area contributed by atoms with Gasteiger partial charge in [-0.25, -0.2) is 0 Å². The van der Waals surface area contributed by atoms with Gasteiger partial charge in [0.05, 0.1) is 5.69 Å². The van der Waals surface area contributed by atoms with E-state index >= 15 is 0 Å². The maximum Gasteiger partial charge on any atom is 0.228 e. The highest BCUT2D eigenvalue weighted by Crippen LogP contribution is 2.31. The summed E-state index contributed by atoms with van der Waals surface area (Å²) >= 11 is 29.2. The van der Waals surface area contributed by atoms with Crippen LogP contribution in [0.4, 0.5) is 5.69 Å². The third-order valence-corrected chi connectivity index (χ3v) is 4.29. The standard InChI is InChI=1S/C11H10Br2Cl3N3OS/c1-5-2-6(12)3-7(13)8(5)18-10(21)19-9(17-4-20)11(14,15)16/h2-4,9H,1H3,(H,17,20)(H2,18,19,21). The fourth-order valence-corrected chi connectivity index (χ4v) is 3.54. The number of amides is 1. The minimum absolute atomic E-state index is 0.201. The first-order chi connectivity index (χ1) is 9.65. The summed E-state index contributed by atoms with van der Waals surface area (Å²) in [6, 6.07) is 3.79. The molecule has 1 unspecified atom stereocenters. The third kappa shape index (κ3) is 6.08. The molecule has 3 N–H and O–H groups in total. The molecule has 1 aromatic carbocycles. The van der Waals surface area contributed by atoms with Gasteiger partial charge in [-0.1, -0.05) is 50.7 Å². The van der Waals surface area contributed by atoms with Crippen LogP contribution in [0, 0.1) is 6.92 Å². The van der Waals surface area contributed by atoms with Gasteiger partial charge in [0.1, 0.15) is 6.17 Å². The van der Waals surface area contributed by atoms with Crippen molar-refractivity contribution in [1.29, 1.82) is 0 Å². The molecule has 0 aliphatic rings. The summed E-state index contributed by atoms with van der Waals surface area (Å²) in [5, 5.41) is 8.26. The van der Waals surface area contributed by atoms with E-state index in [0.29, 0.717) is 6.41 Å². The number of benzene rings is 1. The Morgan fingerprint density at radius 3 is 2.48 bits per heavy atom. The predicted octanol–water partition coefficient (Wildman–Crippen LogP) is 4.25. The van der Waals surface area contributed by atoms with Crippen molar-refractivity contribution in [2.45, 2.75) is 16.9 Å². The monoisotopic (exact) mass is 495 g/mol. The average molecular weight is 498 g/mol. The van der Waals surface area contributed by atoms with Gasteiger partial charge in [0.2, 0.25) is 10.2 Å². The highest BCUT2D eigenvalue weighted by Gasteiger charge is 2.33.